The van der Waals surface area contributed by atoms with Gasteiger partial charge in [0.1, 0.15) is 7.14 Å². The molecule has 1 heterocycles. The molecule has 0 aliphatic rings. The molecule has 0 radical (unpaired) electrons. The average molecular weight is 366 g/mol. The van der Waals surface area contributed by atoms with Gasteiger partial charge in [0.15, 0.2) is 0 Å². The number of benzene rings is 2. The van der Waals surface area contributed by atoms with Gasteiger partial charge in [-0.15, -0.1) is 0 Å². The maximum atomic E-state index is 14.2. The molecular formula is C21H23N2O2P. The second-order valence-electron chi connectivity index (χ2n) is 6.61. The van der Waals surface area contributed by atoms with Crippen LogP contribution in [0.4, 0.5) is 0 Å². The van der Waals surface area contributed by atoms with E-state index in [1.165, 1.54) is 4.68 Å². The van der Waals surface area contributed by atoms with Crippen LogP contribution in [0.15, 0.2) is 66.7 Å². The molecule has 0 bridgehead atoms. The second-order valence-corrected chi connectivity index (χ2v) is 9.85. The molecule has 1 atom stereocenters. The van der Waals surface area contributed by atoms with Crippen LogP contribution in [-0.4, -0.2) is 21.3 Å². The number of hydrogen-bond acceptors (Lipinski definition) is 3. The third-order valence-electron chi connectivity index (χ3n) is 4.62. The maximum absolute atomic E-state index is 14.2. The highest BCUT2D eigenvalue weighted by Crippen LogP contribution is 2.49. The summed E-state index contributed by atoms with van der Waals surface area (Å²) in [6.07, 6.45) is 0.170. The fourth-order valence-corrected chi connectivity index (χ4v) is 6.27. The Bertz CT molecular complexity index is 905. The fourth-order valence-electron chi connectivity index (χ4n) is 3.31. The fraction of sp³-hybridized carbons (Fsp3) is 0.238. The van der Waals surface area contributed by atoms with E-state index in [4.69, 9.17) is 0 Å². The maximum Gasteiger partial charge on any atom is 0.247 e. The van der Waals surface area contributed by atoms with E-state index in [2.05, 4.69) is 5.10 Å². The molecule has 3 aromatic rings. The standard InChI is InChI=1S/C21H23N2O2P/c1-16-14-17(2)23(22-16)21(24)15-18(3)26(25,19-10-6-4-7-11-19)20-12-8-5-9-13-20/h4-14,18H,15H2,1-3H3. The molecule has 134 valence electrons. The van der Waals surface area contributed by atoms with Gasteiger partial charge in [-0.1, -0.05) is 67.6 Å². The Balaban J connectivity index is 1.99. The first-order valence-electron chi connectivity index (χ1n) is 8.70. The molecular weight excluding hydrogens is 343 g/mol. The van der Waals surface area contributed by atoms with Crippen LogP contribution < -0.4 is 10.6 Å². The molecule has 1 unspecified atom stereocenters. The largest absolute Gasteiger partial charge is 0.313 e. The Hall–Kier alpha value is -2.45. The topological polar surface area (TPSA) is 52.0 Å². The highest BCUT2D eigenvalue weighted by Gasteiger charge is 2.35. The van der Waals surface area contributed by atoms with Crippen LogP contribution in [0.2, 0.25) is 0 Å². The lowest BCUT2D eigenvalue weighted by molar-refractivity contribution is 0.0884. The number of carbonyl (C=O) groups is 1. The Kier molecular flexibility index (Phi) is 5.24. The zero-order valence-electron chi connectivity index (χ0n) is 15.3. The first kappa shape index (κ1) is 18.3. The van der Waals surface area contributed by atoms with Crippen LogP contribution >= 0.6 is 7.14 Å². The molecule has 0 saturated carbocycles. The van der Waals surface area contributed by atoms with Crippen molar-refractivity contribution in [2.75, 3.05) is 0 Å². The third-order valence-corrected chi connectivity index (χ3v) is 8.17. The van der Waals surface area contributed by atoms with E-state index < -0.39 is 7.14 Å². The summed E-state index contributed by atoms with van der Waals surface area (Å²) in [7, 11) is -2.96. The van der Waals surface area contributed by atoms with Gasteiger partial charge in [0.2, 0.25) is 5.91 Å². The highest BCUT2D eigenvalue weighted by molar-refractivity contribution is 7.79. The van der Waals surface area contributed by atoms with Gasteiger partial charge in [0.25, 0.3) is 0 Å². The molecule has 4 nitrogen and oxygen atoms in total. The Morgan fingerprint density at radius 2 is 1.50 bits per heavy atom. The number of nitrogens with zero attached hydrogens (tertiary/aromatic N) is 2. The van der Waals surface area contributed by atoms with Crippen LogP contribution in [0, 0.1) is 13.8 Å². The molecule has 0 N–H and O–H groups in total. The predicted molar refractivity (Wildman–Crippen MR) is 106 cm³/mol. The molecule has 2 aromatic carbocycles. The lowest BCUT2D eigenvalue weighted by Gasteiger charge is -2.25. The molecule has 0 fully saturated rings. The SMILES string of the molecule is Cc1cc(C)n(C(=O)CC(C)P(=O)(c2ccccc2)c2ccccc2)n1. The molecule has 5 heteroatoms. The Morgan fingerprint density at radius 1 is 1.00 bits per heavy atom. The highest BCUT2D eigenvalue weighted by atomic mass is 31.2. The summed E-state index contributed by atoms with van der Waals surface area (Å²) in [5.74, 6) is -0.129. The number of carbonyl (C=O) groups excluding carboxylic acids is 1. The second kappa shape index (κ2) is 7.43. The zero-order valence-corrected chi connectivity index (χ0v) is 16.2. The predicted octanol–water partition coefficient (Wildman–Crippen LogP) is 3.93. The lowest BCUT2D eigenvalue weighted by Crippen LogP contribution is -2.28. The number of aryl methyl sites for hydroxylation is 2. The summed E-state index contributed by atoms with van der Waals surface area (Å²) in [4.78, 5) is 12.8. The summed E-state index contributed by atoms with van der Waals surface area (Å²) < 4.78 is 15.6. The van der Waals surface area contributed by atoms with Crippen molar-refractivity contribution in [2.45, 2.75) is 32.9 Å². The molecule has 0 aliphatic carbocycles. The smallest absolute Gasteiger partial charge is 0.247 e. The van der Waals surface area contributed by atoms with Crippen molar-refractivity contribution in [3.63, 3.8) is 0 Å². The van der Waals surface area contributed by atoms with E-state index in [1.54, 1.807) is 0 Å². The first-order valence-corrected chi connectivity index (χ1v) is 10.5. The van der Waals surface area contributed by atoms with E-state index in [1.807, 2.05) is 87.5 Å². The molecule has 0 aliphatic heterocycles. The van der Waals surface area contributed by atoms with Crippen molar-refractivity contribution < 1.29 is 9.36 Å². The van der Waals surface area contributed by atoms with Gasteiger partial charge in [-0.2, -0.15) is 5.10 Å². The van der Waals surface area contributed by atoms with Gasteiger partial charge >= 0.3 is 0 Å². The van der Waals surface area contributed by atoms with Gasteiger partial charge in [-0.3, -0.25) is 4.79 Å². The van der Waals surface area contributed by atoms with Crippen LogP contribution in [0.25, 0.3) is 0 Å². The van der Waals surface area contributed by atoms with Gasteiger partial charge in [-0.05, 0) is 19.9 Å². The van der Waals surface area contributed by atoms with E-state index >= 15 is 0 Å². The van der Waals surface area contributed by atoms with Crippen molar-refractivity contribution in [3.05, 3.63) is 78.1 Å². The summed E-state index contributed by atoms with van der Waals surface area (Å²) >= 11 is 0. The van der Waals surface area contributed by atoms with E-state index in [0.717, 1.165) is 22.0 Å². The minimum atomic E-state index is -2.96. The van der Waals surface area contributed by atoms with Crippen molar-refractivity contribution in [1.29, 1.82) is 0 Å². The van der Waals surface area contributed by atoms with Crippen LogP contribution in [-0.2, 0) is 4.57 Å². The molecule has 26 heavy (non-hydrogen) atoms. The zero-order chi connectivity index (χ0) is 18.7. The Labute approximate surface area is 154 Å². The third kappa shape index (κ3) is 3.42. The monoisotopic (exact) mass is 366 g/mol. The van der Waals surface area contributed by atoms with Gasteiger partial charge in [0.05, 0.1) is 5.69 Å². The molecule has 3 rings (SSSR count). The van der Waals surface area contributed by atoms with E-state index in [9.17, 15) is 9.36 Å². The minimum Gasteiger partial charge on any atom is -0.313 e. The summed E-state index contributed by atoms with van der Waals surface area (Å²) in [5, 5.41) is 5.82. The van der Waals surface area contributed by atoms with E-state index in [0.29, 0.717) is 0 Å². The van der Waals surface area contributed by atoms with Crippen LogP contribution in [0.5, 0.6) is 0 Å². The van der Waals surface area contributed by atoms with Gasteiger partial charge < -0.3 is 4.57 Å². The molecule has 0 saturated heterocycles. The summed E-state index contributed by atoms with van der Waals surface area (Å²) in [6.45, 7) is 5.61. The average Bonchev–Trinajstić information content (AvgIpc) is 3.00. The van der Waals surface area contributed by atoms with Crippen LogP contribution in [0.1, 0.15) is 29.5 Å². The van der Waals surface area contributed by atoms with E-state index in [-0.39, 0.29) is 18.0 Å². The van der Waals surface area contributed by atoms with Crippen molar-refractivity contribution in [1.82, 2.24) is 9.78 Å². The normalized spacial score (nSPS) is 12.7. The summed E-state index contributed by atoms with van der Waals surface area (Å²) in [6, 6.07) is 20.8. The van der Waals surface area contributed by atoms with Crippen molar-refractivity contribution in [2.24, 2.45) is 0 Å². The van der Waals surface area contributed by atoms with Crippen molar-refractivity contribution in [3.8, 4) is 0 Å². The molecule has 0 spiro atoms. The lowest BCUT2D eigenvalue weighted by atomic mass is 10.3. The Morgan fingerprint density at radius 3 is 1.92 bits per heavy atom. The van der Waals surface area contributed by atoms with Crippen molar-refractivity contribution >= 4 is 23.7 Å². The number of aromatic nitrogens is 2. The number of hydrogen-bond donors (Lipinski definition) is 0. The molecule has 1 aromatic heterocycles. The quantitative estimate of drug-likeness (QED) is 0.643. The minimum absolute atomic E-state index is 0.129. The molecule has 0 amide bonds. The first-order chi connectivity index (χ1) is 12.4. The van der Waals surface area contributed by atoms with Gasteiger partial charge in [-0.25, -0.2) is 4.68 Å². The summed E-state index contributed by atoms with van der Waals surface area (Å²) in [5.41, 5.74) is 1.27. The van der Waals surface area contributed by atoms with Crippen LogP contribution in [0.3, 0.4) is 0 Å². The van der Waals surface area contributed by atoms with Gasteiger partial charge in [0, 0.05) is 28.4 Å². The number of rotatable bonds is 5.